The van der Waals surface area contributed by atoms with Crippen LogP contribution in [-0.4, -0.2) is 27.6 Å². The normalized spacial score (nSPS) is 11.4. The maximum absolute atomic E-state index is 11.5. The van der Waals surface area contributed by atoms with Gasteiger partial charge in [-0.3, -0.25) is 4.40 Å². The van der Waals surface area contributed by atoms with Crippen molar-refractivity contribution < 1.29 is 14.6 Å². The monoisotopic (exact) mass is 358 g/mol. The maximum Gasteiger partial charge on any atom is 0.358 e. The second-order valence-electron chi connectivity index (χ2n) is 5.42. The van der Waals surface area contributed by atoms with E-state index in [2.05, 4.69) is 15.2 Å². The molecule has 0 aliphatic carbocycles. The predicted molar refractivity (Wildman–Crippen MR) is 93.8 cm³/mol. The van der Waals surface area contributed by atoms with Gasteiger partial charge < -0.3 is 9.84 Å². The third-order valence-electron chi connectivity index (χ3n) is 3.73. The molecule has 0 unspecified atom stereocenters. The number of hydrogen-bond donors (Lipinski definition) is 1. The number of nitrogens with zero attached hydrogens (tertiary/aromatic N) is 4. The number of halogens is 1. The van der Waals surface area contributed by atoms with E-state index in [0.29, 0.717) is 22.1 Å². The van der Waals surface area contributed by atoms with Crippen LogP contribution in [0, 0.1) is 13.8 Å². The first kappa shape index (κ1) is 16.9. The van der Waals surface area contributed by atoms with E-state index >= 15 is 0 Å². The number of methoxy groups -OCH3 is 1. The van der Waals surface area contributed by atoms with Crippen LogP contribution in [-0.2, 0) is 0 Å². The average molecular weight is 359 g/mol. The molecule has 25 heavy (non-hydrogen) atoms. The van der Waals surface area contributed by atoms with E-state index in [0.717, 1.165) is 11.3 Å². The molecule has 1 aromatic carbocycles. The molecular weight excluding hydrogens is 344 g/mol. The number of rotatable bonds is 4. The molecule has 0 radical (unpaired) electrons. The van der Waals surface area contributed by atoms with Crippen molar-refractivity contribution in [2.45, 2.75) is 13.8 Å². The molecule has 2 heterocycles. The predicted octanol–water partition coefficient (Wildman–Crippen LogP) is 4.73. The second-order valence-corrected chi connectivity index (χ2v) is 5.83. The lowest BCUT2D eigenvalue weighted by Gasteiger charge is -2.06. The number of ether oxygens (including phenoxy) is 1. The number of fused-ring (bicyclic) bond motifs is 1. The lowest BCUT2D eigenvalue weighted by molar-refractivity contribution is 0.0692. The number of azo groups is 1. The fourth-order valence-electron chi connectivity index (χ4n) is 2.46. The Kier molecular flexibility index (Phi) is 4.41. The standard InChI is InChI=1S/C17H15ClN4O3/c1-9-7-12(13(25-3)8-11(9)18)20-21-16-15(17(23)24)19-14-6-4-5-10(2)22(14)16/h4-8H,1-3H3,(H,23,24). The Hall–Kier alpha value is -2.93. The summed E-state index contributed by atoms with van der Waals surface area (Å²) in [5.41, 5.74) is 2.38. The Morgan fingerprint density at radius 1 is 1.28 bits per heavy atom. The first-order valence-electron chi connectivity index (χ1n) is 7.39. The van der Waals surface area contributed by atoms with Crippen LogP contribution in [0.5, 0.6) is 5.75 Å². The molecule has 0 saturated carbocycles. The molecule has 8 heteroatoms. The van der Waals surface area contributed by atoms with Crippen LogP contribution in [0.3, 0.4) is 0 Å². The highest BCUT2D eigenvalue weighted by atomic mass is 35.5. The number of aryl methyl sites for hydroxylation is 2. The highest BCUT2D eigenvalue weighted by molar-refractivity contribution is 6.31. The van der Waals surface area contributed by atoms with Crippen molar-refractivity contribution in [1.82, 2.24) is 9.38 Å². The van der Waals surface area contributed by atoms with E-state index in [9.17, 15) is 9.90 Å². The molecule has 7 nitrogen and oxygen atoms in total. The summed E-state index contributed by atoms with van der Waals surface area (Å²) in [4.78, 5) is 15.6. The number of hydrogen-bond acceptors (Lipinski definition) is 5. The summed E-state index contributed by atoms with van der Waals surface area (Å²) in [7, 11) is 1.50. The number of carboxylic acids is 1. The zero-order valence-corrected chi connectivity index (χ0v) is 14.6. The van der Waals surface area contributed by atoms with Gasteiger partial charge in [-0.05, 0) is 37.6 Å². The summed E-state index contributed by atoms with van der Waals surface area (Å²) in [6.07, 6.45) is 0. The third kappa shape index (κ3) is 3.06. The Labute approximate surface area is 148 Å². The van der Waals surface area contributed by atoms with Crippen molar-refractivity contribution in [1.29, 1.82) is 0 Å². The van der Waals surface area contributed by atoms with Gasteiger partial charge in [0, 0.05) is 16.8 Å². The van der Waals surface area contributed by atoms with Gasteiger partial charge in [-0.2, -0.15) is 0 Å². The molecule has 3 rings (SSSR count). The fraction of sp³-hybridized carbons (Fsp3) is 0.176. The quantitative estimate of drug-likeness (QED) is 0.683. The van der Waals surface area contributed by atoms with Gasteiger partial charge in [0.15, 0.2) is 11.5 Å². The van der Waals surface area contributed by atoms with Crippen LogP contribution in [0.25, 0.3) is 5.65 Å². The Balaban J connectivity index is 2.18. The van der Waals surface area contributed by atoms with E-state index in [1.54, 1.807) is 28.7 Å². The number of imidazole rings is 1. The van der Waals surface area contributed by atoms with Crippen molar-refractivity contribution >= 4 is 34.7 Å². The molecule has 3 aromatic rings. The van der Waals surface area contributed by atoms with Crippen molar-refractivity contribution in [2.75, 3.05) is 7.11 Å². The molecule has 128 valence electrons. The molecule has 1 N–H and O–H groups in total. The van der Waals surface area contributed by atoms with Gasteiger partial charge in [0.1, 0.15) is 17.1 Å². The van der Waals surface area contributed by atoms with Crippen molar-refractivity contribution in [3.8, 4) is 5.75 Å². The number of aromatic carboxylic acids is 1. The van der Waals surface area contributed by atoms with E-state index in [4.69, 9.17) is 16.3 Å². The van der Waals surface area contributed by atoms with Gasteiger partial charge in [0.05, 0.1) is 7.11 Å². The fourth-order valence-corrected chi connectivity index (χ4v) is 2.62. The molecule has 2 aromatic heterocycles. The van der Waals surface area contributed by atoms with Crippen LogP contribution in [0.2, 0.25) is 5.02 Å². The van der Waals surface area contributed by atoms with Gasteiger partial charge in [0.25, 0.3) is 0 Å². The van der Waals surface area contributed by atoms with Crippen LogP contribution >= 0.6 is 11.6 Å². The molecule has 0 fully saturated rings. The van der Waals surface area contributed by atoms with Crippen LogP contribution in [0.15, 0.2) is 40.6 Å². The van der Waals surface area contributed by atoms with E-state index in [1.807, 2.05) is 19.9 Å². The third-order valence-corrected chi connectivity index (χ3v) is 4.14. The van der Waals surface area contributed by atoms with Gasteiger partial charge in [-0.15, -0.1) is 10.2 Å². The Bertz CT molecular complexity index is 1010. The van der Waals surface area contributed by atoms with Crippen LogP contribution in [0.1, 0.15) is 21.7 Å². The first-order chi connectivity index (χ1) is 11.9. The minimum atomic E-state index is -1.17. The van der Waals surface area contributed by atoms with Crippen molar-refractivity contribution in [3.05, 3.63) is 52.3 Å². The summed E-state index contributed by atoms with van der Waals surface area (Å²) in [5.74, 6) is -0.576. The molecule has 0 saturated heterocycles. The van der Waals surface area contributed by atoms with Crippen molar-refractivity contribution in [2.24, 2.45) is 10.2 Å². The minimum Gasteiger partial charge on any atom is -0.494 e. The topological polar surface area (TPSA) is 88.5 Å². The molecule has 0 spiro atoms. The van der Waals surface area contributed by atoms with Crippen molar-refractivity contribution in [3.63, 3.8) is 0 Å². The Morgan fingerprint density at radius 3 is 2.72 bits per heavy atom. The molecule has 0 aliphatic rings. The SMILES string of the molecule is COc1cc(Cl)c(C)cc1N=Nc1c(C(=O)O)nc2cccc(C)n12. The number of pyridine rings is 1. The summed E-state index contributed by atoms with van der Waals surface area (Å²) < 4.78 is 6.90. The first-order valence-corrected chi connectivity index (χ1v) is 7.77. The van der Waals surface area contributed by atoms with E-state index < -0.39 is 5.97 Å². The van der Waals surface area contributed by atoms with Crippen LogP contribution in [0.4, 0.5) is 11.5 Å². The van der Waals surface area contributed by atoms with E-state index in [-0.39, 0.29) is 11.5 Å². The highest BCUT2D eigenvalue weighted by Crippen LogP contribution is 2.35. The highest BCUT2D eigenvalue weighted by Gasteiger charge is 2.19. The second kappa shape index (κ2) is 6.52. The molecule has 0 aliphatic heterocycles. The number of benzene rings is 1. The van der Waals surface area contributed by atoms with Gasteiger partial charge in [0.2, 0.25) is 0 Å². The lowest BCUT2D eigenvalue weighted by Crippen LogP contribution is -1.97. The smallest absolute Gasteiger partial charge is 0.358 e. The average Bonchev–Trinajstić information content (AvgIpc) is 2.96. The summed E-state index contributed by atoms with van der Waals surface area (Å²) in [5, 5.41) is 18.3. The van der Waals surface area contributed by atoms with Gasteiger partial charge in [-0.25, -0.2) is 9.78 Å². The number of carbonyl (C=O) groups is 1. The molecule has 0 atom stereocenters. The lowest BCUT2D eigenvalue weighted by atomic mass is 10.2. The number of aromatic nitrogens is 2. The van der Waals surface area contributed by atoms with E-state index in [1.165, 1.54) is 7.11 Å². The summed E-state index contributed by atoms with van der Waals surface area (Å²) in [6, 6.07) is 8.72. The summed E-state index contributed by atoms with van der Waals surface area (Å²) >= 11 is 6.09. The Morgan fingerprint density at radius 2 is 2.04 bits per heavy atom. The molecular formula is C17H15ClN4O3. The van der Waals surface area contributed by atoms with Gasteiger partial charge in [-0.1, -0.05) is 17.7 Å². The largest absolute Gasteiger partial charge is 0.494 e. The summed E-state index contributed by atoms with van der Waals surface area (Å²) in [6.45, 7) is 3.67. The zero-order chi connectivity index (χ0) is 18.1. The maximum atomic E-state index is 11.5. The zero-order valence-electron chi connectivity index (χ0n) is 13.8. The van der Waals surface area contributed by atoms with Crippen LogP contribution < -0.4 is 4.74 Å². The molecule has 0 bridgehead atoms. The van der Waals surface area contributed by atoms with Gasteiger partial charge >= 0.3 is 5.97 Å². The molecule has 0 amide bonds. The number of carboxylic acid groups (broad SMARTS) is 1. The minimum absolute atomic E-state index is 0.148.